The quantitative estimate of drug-likeness (QED) is 0.843. The first-order valence-electron chi connectivity index (χ1n) is 6.69. The Kier molecular flexibility index (Phi) is 3.30. The number of rotatable bonds is 1. The number of nitrogens with one attached hydrogen (secondary N) is 1. The number of fused-ring (bicyclic) bond motifs is 3. The molecule has 1 N–H and O–H groups in total. The number of amides is 2. The zero-order chi connectivity index (χ0) is 14.4. The molecule has 0 saturated carbocycles. The van der Waals surface area contributed by atoms with Crippen LogP contribution in [0.2, 0.25) is 0 Å². The first kappa shape index (κ1) is 13.6. The Bertz CT molecular complexity index is 602. The summed E-state index contributed by atoms with van der Waals surface area (Å²) < 4.78 is 0.854. The Morgan fingerprint density at radius 2 is 2.15 bits per heavy atom. The van der Waals surface area contributed by atoms with Crippen LogP contribution in [0.5, 0.6) is 0 Å². The predicted molar refractivity (Wildman–Crippen MR) is 81.0 cm³/mol. The summed E-state index contributed by atoms with van der Waals surface area (Å²) in [6, 6.07) is 3.52. The largest absolute Gasteiger partial charge is 0.308 e. The molecule has 2 amide bonds. The van der Waals surface area contributed by atoms with Crippen molar-refractivity contribution in [2.45, 2.75) is 19.9 Å². The van der Waals surface area contributed by atoms with Crippen LogP contribution in [0, 0.1) is 6.92 Å². The van der Waals surface area contributed by atoms with Crippen LogP contribution < -0.4 is 15.1 Å². The van der Waals surface area contributed by atoms with E-state index in [9.17, 15) is 9.59 Å². The maximum absolute atomic E-state index is 12.6. The minimum atomic E-state index is -0.433. The number of nitrogens with zero attached hydrogens (tertiary/aromatic N) is 2. The van der Waals surface area contributed by atoms with Crippen molar-refractivity contribution in [1.82, 2.24) is 5.32 Å². The third-order valence-electron chi connectivity index (χ3n) is 3.78. The van der Waals surface area contributed by atoms with Gasteiger partial charge in [0.1, 0.15) is 6.04 Å². The molecule has 2 aliphatic heterocycles. The third kappa shape index (κ3) is 1.86. The molecule has 1 saturated heterocycles. The summed E-state index contributed by atoms with van der Waals surface area (Å²) in [6.45, 7) is 5.31. The van der Waals surface area contributed by atoms with E-state index in [2.05, 4.69) is 21.2 Å². The lowest BCUT2D eigenvalue weighted by Crippen LogP contribution is -2.64. The zero-order valence-electron chi connectivity index (χ0n) is 11.4. The maximum Gasteiger partial charge on any atom is 0.251 e. The SMILES string of the molecule is CCN1C(=O)C2CNCC(=O)N2c2cc(C)cc(Br)c21. The van der Waals surface area contributed by atoms with E-state index in [0.717, 1.165) is 21.4 Å². The van der Waals surface area contributed by atoms with Gasteiger partial charge in [0.05, 0.1) is 17.9 Å². The van der Waals surface area contributed by atoms with Crippen molar-refractivity contribution in [3.8, 4) is 0 Å². The molecule has 0 bridgehead atoms. The molecular weight excluding hydrogens is 322 g/mol. The summed E-state index contributed by atoms with van der Waals surface area (Å²) in [7, 11) is 0. The van der Waals surface area contributed by atoms with E-state index in [4.69, 9.17) is 0 Å². The molecule has 0 aliphatic carbocycles. The summed E-state index contributed by atoms with van der Waals surface area (Å²) in [4.78, 5) is 28.2. The van der Waals surface area contributed by atoms with E-state index < -0.39 is 6.04 Å². The van der Waals surface area contributed by atoms with Crippen LogP contribution in [0.15, 0.2) is 16.6 Å². The number of carbonyl (C=O) groups excluding carboxylic acids is 2. The van der Waals surface area contributed by atoms with Gasteiger partial charge in [0.25, 0.3) is 5.91 Å². The van der Waals surface area contributed by atoms with Crippen molar-refractivity contribution >= 4 is 39.1 Å². The van der Waals surface area contributed by atoms with E-state index in [-0.39, 0.29) is 18.4 Å². The molecule has 5 nitrogen and oxygen atoms in total. The molecule has 1 aromatic carbocycles. The summed E-state index contributed by atoms with van der Waals surface area (Å²) in [5.41, 5.74) is 2.69. The summed E-state index contributed by atoms with van der Waals surface area (Å²) in [5, 5.41) is 3.02. The molecule has 2 heterocycles. The second-order valence-electron chi connectivity index (χ2n) is 5.11. The van der Waals surface area contributed by atoms with Crippen LogP contribution in [0.1, 0.15) is 12.5 Å². The molecule has 106 valence electrons. The monoisotopic (exact) mass is 337 g/mol. The van der Waals surface area contributed by atoms with Gasteiger partial charge in [-0.15, -0.1) is 0 Å². The van der Waals surface area contributed by atoms with Crippen molar-refractivity contribution in [2.24, 2.45) is 0 Å². The smallest absolute Gasteiger partial charge is 0.251 e. The Morgan fingerprint density at radius 1 is 1.40 bits per heavy atom. The third-order valence-corrected chi connectivity index (χ3v) is 4.38. The minimum absolute atomic E-state index is 0.0231. The Hall–Kier alpha value is -1.40. The van der Waals surface area contributed by atoms with E-state index in [0.29, 0.717) is 13.1 Å². The summed E-state index contributed by atoms with van der Waals surface area (Å²) >= 11 is 3.53. The van der Waals surface area contributed by atoms with Gasteiger partial charge in [-0.1, -0.05) is 0 Å². The van der Waals surface area contributed by atoms with Crippen LogP contribution in [0.3, 0.4) is 0 Å². The normalized spacial score (nSPS) is 21.9. The molecule has 20 heavy (non-hydrogen) atoms. The molecule has 6 heteroatoms. The maximum atomic E-state index is 12.6. The molecule has 1 unspecified atom stereocenters. The molecule has 1 atom stereocenters. The standard InChI is InChI=1S/C14H16BrN3O2/c1-3-17-13-9(15)4-8(2)5-10(13)18-11(14(17)20)6-16-7-12(18)19/h4-5,11,16H,3,6-7H2,1-2H3. The van der Waals surface area contributed by atoms with E-state index in [1.807, 2.05) is 26.0 Å². The fraction of sp³-hybridized carbons (Fsp3) is 0.429. The average Bonchev–Trinajstić information content (AvgIpc) is 2.40. The highest BCUT2D eigenvalue weighted by Crippen LogP contribution is 2.42. The topological polar surface area (TPSA) is 52.7 Å². The lowest BCUT2D eigenvalue weighted by molar-refractivity contribution is -0.126. The zero-order valence-corrected chi connectivity index (χ0v) is 13.0. The number of halogens is 1. The lowest BCUT2D eigenvalue weighted by atomic mass is 10.0. The first-order chi connectivity index (χ1) is 9.54. The van der Waals surface area contributed by atoms with Gasteiger partial charge in [-0.25, -0.2) is 0 Å². The minimum Gasteiger partial charge on any atom is -0.308 e. The fourth-order valence-electron chi connectivity index (χ4n) is 2.94. The highest BCUT2D eigenvalue weighted by molar-refractivity contribution is 9.10. The fourth-order valence-corrected chi connectivity index (χ4v) is 3.72. The second-order valence-corrected chi connectivity index (χ2v) is 5.96. The molecule has 3 rings (SSSR count). The number of hydrogen-bond acceptors (Lipinski definition) is 3. The van der Waals surface area contributed by atoms with Crippen molar-refractivity contribution in [1.29, 1.82) is 0 Å². The van der Waals surface area contributed by atoms with Crippen molar-refractivity contribution < 1.29 is 9.59 Å². The Labute approximate surface area is 126 Å². The highest BCUT2D eigenvalue weighted by Gasteiger charge is 2.43. The predicted octanol–water partition coefficient (Wildman–Crippen LogP) is 1.43. The van der Waals surface area contributed by atoms with Crippen molar-refractivity contribution in [3.05, 3.63) is 22.2 Å². The van der Waals surface area contributed by atoms with Crippen LogP contribution in [0.4, 0.5) is 11.4 Å². The van der Waals surface area contributed by atoms with E-state index in [1.54, 1.807) is 9.80 Å². The number of hydrogen-bond donors (Lipinski definition) is 1. The average molecular weight is 338 g/mol. The number of piperazine rings is 1. The molecule has 0 spiro atoms. The van der Waals surface area contributed by atoms with Gasteiger partial charge in [-0.05, 0) is 47.5 Å². The van der Waals surface area contributed by atoms with E-state index >= 15 is 0 Å². The summed E-state index contributed by atoms with van der Waals surface area (Å²) in [6.07, 6.45) is 0. The molecular formula is C14H16BrN3O2. The van der Waals surface area contributed by atoms with Gasteiger partial charge in [-0.3, -0.25) is 14.5 Å². The van der Waals surface area contributed by atoms with Gasteiger partial charge in [0, 0.05) is 17.6 Å². The highest BCUT2D eigenvalue weighted by atomic mass is 79.9. The number of aryl methyl sites for hydroxylation is 1. The summed E-state index contributed by atoms with van der Waals surface area (Å²) in [5.74, 6) is -0.0748. The van der Waals surface area contributed by atoms with Crippen LogP contribution in [-0.2, 0) is 9.59 Å². The number of likely N-dealkylation sites (N-methyl/N-ethyl adjacent to an activating group) is 1. The Balaban J connectivity index is 2.24. The first-order valence-corrected chi connectivity index (χ1v) is 7.48. The molecule has 2 aliphatic rings. The van der Waals surface area contributed by atoms with Crippen LogP contribution in [0.25, 0.3) is 0 Å². The van der Waals surface area contributed by atoms with Gasteiger partial charge >= 0.3 is 0 Å². The number of carbonyl (C=O) groups is 2. The lowest BCUT2D eigenvalue weighted by Gasteiger charge is -2.44. The molecule has 0 radical (unpaired) electrons. The Morgan fingerprint density at radius 3 is 2.85 bits per heavy atom. The van der Waals surface area contributed by atoms with Gasteiger partial charge < -0.3 is 10.2 Å². The second kappa shape index (κ2) is 4.86. The van der Waals surface area contributed by atoms with E-state index in [1.165, 1.54) is 0 Å². The molecule has 0 aromatic heterocycles. The number of anilines is 2. The molecule has 1 fully saturated rings. The number of benzene rings is 1. The van der Waals surface area contributed by atoms with Crippen LogP contribution >= 0.6 is 15.9 Å². The van der Waals surface area contributed by atoms with Crippen LogP contribution in [-0.4, -0.2) is 37.5 Å². The van der Waals surface area contributed by atoms with Crippen molar-refractivity contribution in [3.63, 3.8) is 0 Å². The van der Waals surface area contributed by atoms with Gasteiger partial charge in [0.2, 0.25) is 5.91 Å². The molecule has 1 aromatic rings. The van der Waals surface area contributed by atoms with Crippen molar-refractivity contribution in [2.75, 3.05) is 29.4 Å². The van der Waals surface area contributed by atoms with Gasteiger partial charge in [0.15, 0.2) is 0 Å². The van der Waals surface area contributed by atoms with Gasteiger partial charge in [-0.2, -0.15) is 0 Å².